The molecule has 3 rings (SSSR count). The van der Waals surface area contributed by atoms with Crippen LogP contribution < -0.4 is 15.8 Å². The Kier molecular flexibility index (Phi) is 7.55. The van der Waals surface area contributed by atoms with Crippen molar-refractivity contribution in [2.24, 2.45) is 0 Å². The van der Waals surface area contributed by atoms with Crippen LogP contribution in [-0.2, 0) is 25.6 Å². The largest absolute Gasteiger partial charge is 0.420 e. The van der Waals surface area contributed by atoms with E-state index in [1.807, 2.05) is 18.2 Å². The van der Waals surface area contributed by atoms with Crippen molar-refractivity contribution in [1.82, 2.24) is 20.2 Å². The maximum atomic E-state index is 13.1. The molecule has 0 aliphatic carbocycles. The summed E-state index contributed by atoms with van der Waals surface area (Å²) in [6.07, 6.45) is 2.28. The van der Waals surface area contributed by atoms with Gasteiger partial charge in [-0.3, -0.25) is 9.69 Å². The van der Waals surface area contributed by atoms with Gasteiger partial charge in [-0.05, 0) is 32.3 Å². The van der Waals surface area contributed by atoms with Crippen molar-refractivity contribution in [2.45, 2.75) is 52.0 Å². The van der Waals surface area contributed by atoms with Crippen LogP contribution in [-0.4, -0.2) is 60.4 Å². The predicted octanol–water partition coefficient (Wildman–Crippen LogP) is 1.53. The van der Waals surface area contributed by atoms with Crippen molar-refractivity contribution in [2.75, 3.05) is 25.1 Å². The first-order valence-electron chi connectivity index (χ1n) is 10.7. The molecule has 1 saturated heterocycles. The van der Waals surface area contributed by atoms with Gasteiger partial charge in [0.1, 0.15) is 0 Å². The van der Waals surface area contributed by atoms with Crippen molar-refractivity contribution >= 4 is 21.7 Å². The molecule has 1 fully saturated rings. The molecule has 3 N–H and O–H groups in total. The second kappa shape index (κ2) is 10.0. The molecule has 1 aliphatic rings. The van der Waals surface area contributed by atoms with Gasteiger partial charge >= 0.3 is 11.8 Å². The van der Waals surface area contributed by atoms with E-state index in [2.05, 4.69) is 32.3 Å². The lowest BCUT2D eigenvalue weighted by Crippen LogP contribution is -2.56. The number of aromatic nitrogens is 2. The zero-order valence-electron chi connectivity index (χ0n) is 19.4. The molecule has 180 valence electrons. The first-order chi connectivity index (χ1) is 15.4. The first-order valence-corrected chi connectivity index (χ1v) is 12.5. The molecule has 0 saturated carbocycles. The van der Waals surface area contributed by atoms with Crippen LogP contribution in [0.1, 0.15) is 36.7 Å². The number of nitrogens with one attached hydrogen (secondary N) is 1. The van der Waals surface area contributed by atoms with Crippen LogP contribution in [0.25, 0.3) is 0 Å². The van der Waals surface area contributed by atoms with Gasteiger partial charge in [0, 0.05) is 32.6 Å². The third kappa shape index (κ3) is 6.86. The smallest absolute Gasteiger partial charge is 0.319 e. The van der Waals surface area contributed by atoms with Gasteiger partial charge in [0.15, 0.2) is 0 Å². The van der Waals surface area contributed by atoms with Crippen LogP contribution in [0.4, 0.5) is 5.69 Å². The highest BCUT2D eigenvalue weighted by atomic mass is 32.2. The van der Waals surface area contributed by atoms with Gasteiger partial charge in [-0.15, -0.1) is 0 Å². The van der Waals surface area contributed by atoms with Crippen LogP contribution in [0.5, 0.6) is 6.01 Å². The Morgan fingerprint density at radius 2 is 1.76 bits per heavy atom. The molecule has 1 amide bonds. The molecule has 2 heterocycles. The molecule has 0 radical (unpaired) electrons. The van der Waals surface area contributed by atoms with E-state index in [4.69, 9.17) is 14.7 Å². The number of nitrogens with two attached hydrogens (primary N) is 1. The van der Waals surface area contributed by atoms with E-state index in [-0.39, 0.29) is 12.1 Å². The quantitative estimate of drug-likeness (QED) is 0.428. The number of hydrogen-bond acceptors (Lipinski definition) is 9. The van der Waals surface area contributed by atoms with E-state index in [1.54, 1.807) is 13.8 Å². The summed E-state index contributed by atoms with van der Waals surface area (Å²) in [5.41, 5.74) is 8.39. The monoisotopic (exact) mass is 477 g/mol. The maximum Gasteiger partial charge on any atom is 0.319 e. The highest BCUT2D eigenvalue weighted by Gasteiger charge is 2.43. The summed E-state index contributed by atoms with van der Waals surface area (Å²) in [7, 11) is -4.03. The normalized spacial score (nSPS) is 17.3. The van der Waals surface area contributed by atoms with Gasteiger partial charge < -0.3 is 15.8 Å². The number of carbonyl (C=O) groups is 1. The number of ether oxygens (including phenoxy) is 1. The number of hydrogen-bond donors (Lipinski definition) is 2. The second-order valence-electron chi connectivity index (χ2n) is 8.44. The number of nitrogen functional groups attached to an aromatic ring is 1. The molecule has 10 nitrogen and oxygen atoms in total. The van der Waals surface area contributed by atoms with Crippen molar-refractivity contribution in [3.05, 3.63) is 47.3 Å². The van der Waals surface area contributed by atoms with E-state index < -0.39 is 21.8 Å². The van der Waals surface area contributed by atoms with Crippen molar-refractivity contribution in [1.29, 1.82) is 0 Å². The van der Waals surface area contributed by atoms with Gasteiger partial charge in [-0.25, -0.2) is 4.18 Å². The Balaban J connectivity index is 1.67. The summed E-state index contributed by atoms with van der Waals surface area (Å²) in [6.45, 7) is 6.99. The number of amides is 1. The van der Waals surface area contributed by atoms with Gasteiger partial charge in [-0.2, -0.15) is 18.4 Å². The van der Waals surface area contributed by atoms with E-state index in [0.717, 1.165) is 25.9 Å². The lowest BCUT2D eigenvalue weighted by atomic mass is 10.0. The fraction of sp³-hybridized carbons (Fsp3) is 0.500. The Labute approximate surface area is 194 Å². The average Bonchev–Trinajstić information content (AvgIpc) is 2.72. The van der Waals surface area contributed by atoms with Gasteiger partial charge in [0.05, 0.1) is 23.3 Å². The summed E-state index contributed by atoms with van der Waals surface area (Å²) in [4.78, 5) is 23.6. The minimum atomic E-state index is -4.03. The van der Waals surface area contributed by atoms with Crippen molar-refractivity contribution in [3.8, 4) is 6.01 Å². The minimum absolute atomic E-state index is 0.147. The molecular formula is C22H31N5O5S. The van der Waals surface area contributed by atoms with E-state index in [1.165, 1.54) is 12.5 Å². The third-order valence-corrected chi connectivity index (χ3v) is 6.11. The number of anilines is 1. The summed E-state index contributed by atoms with van der Waals surface area (Å²) in [6, 6.07) is 9.84. The molecule has 11 heteroatoms. The van der Waals surface area contributed by atoms with Crippen LogP contribution >= 0.6 is 0 Å². The molecule has 1 aromatic carbocycles. The summed E-state index contributed by atoms with van der Waals surface area (Å²) in [5, 5.41) is 2.87. The first kappa shape index (κ1) is 24.9. The highest BCUT2D eigenvalue weighted by Crippen LogP contribution is 2.23. The number of benzene rings is 1. The number of likely N-dealkylation sites (tertiary alicyclic amines) is 1. The predicted molar refractivity (Wildman–Crippen MR) is 124 cm³/mol. The number of nitrogens with zero attached hydrogens (tertiary/aromatic N) is 3. The fourth-order valence-electron chi connectivity index (χ4n) is 3.70. The molecule has 0 spiro atoms. The topological polar surface area (TPSA) is 137 Å². The Hall–Kier alpha value is -2.76. The second-order valence-corrected chi connectivity index (χ2v) is 10.0. The molecule has 2 aromatic rings. The number of rotatable bonds is 8. The van der Waals surface area contributed by atoms with Crippen LogP contribution in [0.3, 0.4) is 0 Å². The van der Waals surface area contributed by atoms with Gasteiger partial charge in [0.2, 0.25) is 0 Å². The van der Waals surface area contributed by atoms with Crippen molar-refractivity contribution in [3.63, 3.8) is 0 Å². The Morgan fingerprint density at radius 1 is 1.18 bits per heavy atom. The van der Waals surface area contributed by atoms with Gasteiger partial charge in [-0.1, -0.05) is 30.3 Å². The molecule has 1 unspecified atom stereocenters. The van der Waals surface area contributed by atoms with E-state index in [9.17, 15) is 13.2 Å². The lowest BCUT2D eigenvalue weighted by Gasteiger charge is -2.34. The zero-order valence-corrected chi connectivity index (χ0v) is 20.2. The number of carbonyl (C=O) groups excluding carboxylic acids is 1. The average molecular weight is 478 g/mol. The van der Waals surface area contributed by atoms with E-state index in [0.29, 0.717) is 29.9 Å². The Bertz CT molecular complexity index is 1060. The summed E-state index contributed by atoms with van der Waals surface area (Å²) in [5.74, 6) is -2.89. The standard InChI is InChI=1S/C22H31N5O5S/c1-15-19(23)16(2)25-21(24-15)31-22(3,32-33(4,29)30)20(28)26-18-10-12-27(13-11-18)14-17-8-6-5-7-9-17/h5-9,18H,10-14,23H2,1-4H3,(H,26,28). The number of aryl methyl sites for hydroxylation is 2. The molecule has 33 heavy (non-hydrogen) atoms. The molecular weight excluding hydrogens is 446 g/mol. The molecule has 1 aliphatic heterocycles. The summed E-state index contributed by atoms with van der Waals surface area (Å²) >= 11 is 0. The fourth-order valence-corrected chi connectivity index (χ4v) is 4.39. The minimum Gasteiger partial charge on any atom is -0.420 e. The molecule has 1 aromatic heterocycles. The Morgan fingerprint density at radius 3 is 2.30 bits per heavy atom. The molecule has 0 bridgehead atoms. The van der Waals surface area contributed by atoms with Gasteiger partial charge in [0.25, 0.3) is 16.0 Å². The maximum absolute atomic E-state index is 13.1. The van der Waals surface area contributed by atoms with Crippen LogP contribution in [0.2, 0.25) is 0 Å². The van der Waals surface area contributed by atoms with Crippen molar-refractivity contribution < 1.29 is 22.1 Å². The summed E-state index contributed by atoms with van der Waals surface area (Å²) < 4.78 is 34.4. The van der Waals surface area contributed by atoms with E-state index >= 15 is 0 Å². The third-order valence-electron chi connectivity index (χ3n) is 5.49. The highest BCUT2D eigenvalue weighted by molar-refractivity contribution is 7.86. The molecule has 1 atom stereocenters. The SMILES string of the molecule is Cc1nc(OC(C)(OS(C)(=O)=O)C(=O)NC2CCN(Cc3ccccc3)CC2)nc(C)c1N. The van der Waals surface area contributed by atoms with Crippen LogP contribution in [0, 0.1) is 13.8 Å². The zero-order chi connectivity index (χ0) is 24.2. The van der Waals surface area contributed by atoms with Crippen LogP contribution in [0.15, 0.2) is 30.3 Å². The number of piperidine rings is 1. The lowest BCUT2D eigenvalue weighted by molar-refractivity contribution is -0.163.